The quantitative estimate of drug-likeness (QED) is 0.737. The van der Waals surface area contributed by atoms with E-state index in [1.165, 1.54) is 44.5 Å². The van der Waals surface area contributed by atoms with E-state index in [0.29, 0.717) is 18.6 Å². The minimum atomic E-state index is -0.219. The molecular weight excluding hydrogens is 339 g/mol. The van der Waals surface area contributed by atoms with Crippen LogP contribution in [0.25, 0.3) is 0 Å². The Morgan fingerprint density at radius 2 is 1.96 bits per heavy atom. The Morgan fingerprint density at radius 1 is 1.07 bits per heavy atom. The van der Waals surface area contributed by atoms with E-state index < -0.39 is 0 Å². The van der Waals surface area contributed by atoms with Gasteiger partial charge in [-0.05, 0) is 61.1 Å². The average molecular weight is 366 g/mol. The minimum Gasteiger partial charge on any atom is -0.494 e. The molecule has 0 spiro atoms. The van der Waals surface area contributed by atoms with Crippen LogP contribution in [-0.4, -0.2) is 43.7 Å². The van der Waals surface area contributed by atoms with Crippen molar-refractivity contribution in [3.8, 4) is 5.75 Å². The molecule has 0 N–H and O–H groups in total. The standard InChI is InChI=1S/C23H27FN2O/c24-18-7-9-19(10-8-18)27-15-3-12-25-14-11-22-21(16-25)20-6-1-4-17-5-2-13-26(22)23(17)20/h1,4,6-10,21-22H,2-3,5,11-16H2/t21-,22-/m0/s1. The van der Waals surface area contributed by atoms with Gasteiger partial charge in [0.1, 0.15) is 11.6 Å². The molecule has 1 fully saturated rings. The van der Waals surface area contributed by atoms with Crippen molar-refractivity contribution in [2.45, 2.75) is 37.6 Å². The Kier molecular flexibility index (Phi) is 4.52. The lowest BCUT2D eigenvalue weighted by Crippen LogP contribution is -2.47. The summed E-state index contributed by atoms with van der Waals surface area (Å²) in [5, 5.41) is 0. The van der Waals surface area contributed by atoms with Gasteiger partial charge in [0, 0.05) is 43.8 Å². The van der Waals surface area contributed by atoms with Crippen molar-refractivity contribution in [1.82, 2.24) is 4.90 Å². The number of ether oxygens (including phenoxy) is 1. The van der Waals surface area contributed by atoms with Crippen LogP contribution in [0.1, 0.15) is 36.3 Å². The van der Waals surface area contributed by atoms with E-state index in [1.54, 1.807) is 28.9 Å². The van der Waals surface area contributed by atoms with Crippen LogP contribution in [0.5, 0.6) is 5.75 Å². The van der Waals surface area contributed by atoms with Crippen molar-refractivity contribution in [3.63, 3.8) is 0 Å². The number of halogens is 1. The number of nitrogens with zero attached hydrogens (tertiary/aromatic N) is 2. The Bertz CT molecular complexity index is 807. The summed E-state index contributed by atoms with van der Waals surface area (Å²) in [5.41, 5.74) is 4.72. The lowest BCUT2D eigenvalue weighted by Gasteiger charge is -2.40. The molecule has 2 aromatic carbocycles. The van der Waals surface area contributed by atoms with Gasteiger partial charge in [0.25, 0.3) is 0 Å². The third-order valence-electron chi connectivity index (χ3n) is 6.44. The summed E-state index contributed by atoms with van der Waals surface area (Å²) in [4.78, 5) is 5.32. The van der Waals surface area contributed by atoms with Crippen LogP contribution in [0.15, 0.2) is 42.5 Å². The fourth-order valence-electron chi connectivity index (χ4n) is 5.24. The summed E-state index contributed by atoms with van der Waals surface area (Å²) in [6.45, 7) is 5.32. The number of anilines is 1. The molecule has 0 aliphatic carbocycles. The molecule has 2 aromatic rings. The fraction of sp³-hybridized carbons (Fsp3) is 0.478. The molecule has 27 heavy (non-hydrogen) atoms. The van der Waals surface area contributed by atoms with E-state index in [4.69, 9.17) is 4.74 Å². The zero-order valence-electron chi connectivity index (χ0n) is 15.7. The van der Waals surface area contributed by atoms with Gasteiger partial charge in [-0.2, -0.15) is 0 Å². The minimum absolute atomic E-state index is 0.219. The maximum Gasteiger partial charge on any atom is 0.123 e. The summed E-state index contributed by atoms with van der Waals surface area (Å²) in [5.74, 6) is 1.19. The predicted molar refractivity (Wildman–Crippen MR) is 106 cm³/mol. The summed E-state index contributed by atoms with van der Waals surface area (Å²) in [6, 6.07) is 13.9. The lowest BCUT2D eigenvalue weighted by atomic mass is 9.88. The molecule has 3 heterocycles. The van der Waals surface area contributed by atoms with Crippen molar-refractivity contribution in [3.05, 3.63) is 59.4 Å². The van der Waals surface area contributed by atoms with Gasteiger partial charge in [-0.25, -0.2) is 4.39 Å². The number of hydrogen-bond donors (Lipinski definition) is 0. The first-order valence-electron chi connectivity index (χ1n) is 10.3. The Morgan fingerprint density at radius 3 is 2.85 bits per heavy atom. The number of likely N-dealkylation sites (tertiary alicyclic amines) is 1. The SMILES string of the molecule is Fc1ccc(OCCCN2CC[C@H]3[C@@H](C2)c2cccc4c2N3CCC4)cc1. The van der Waals surface area contributed by atoms with Gasteiger partial charge < -0.3 is 14.5 Å². The number of benzene rings is 2. The van der Waals surface area contributed by atoms with Crippen LogP contribution < -0.4 is 9.64 Å². The molecule has 0 aromatic heterocycles. The van der Waals surface area contributed by atoms with E-state index in [9.17, 15) is 4.39 Å². The van der Waals surface area contributed by atoms with Crippen LogP contribution in [0.4, 0.5) is 10.1 Å². The third-order valence-corrected chi connectivity index (χ3v) is 6.44. The Hall–Kier alpha value is -2.07. The van der Waals surface area contributed by atoms with E-state index in [0.717, 1.165) is 25.3 Å². The molecule has 0 bridgehead atoms. The first-order valence-corrected chi connectivity index (χ1v) is 10.3. The first kappa shape index (κ1) is 17.1. The predicted octanol–water partition coefficient (Wildman–Crippen LogP) is 4.22. The molecule has 0 amide bonds. The highest BCUT2D eigenvalue weighted by atomic mass is 19.1. The van der Waals surface area contributed by atoms with Crippen LogP contribution in [-0.2, 0) is 6.42 Å². The number of fused-ring (bicyclic) bond motifs is 3. The molecular formula is C23H27FN2O. The molecule has 0 saturated carbocycles. The molecule has 142 valence electrons. The summed E-state index contributed by atoms with van der Waals surface area (Å²) in [6.07, 6.45) is 4.80. The number of hydrogen-bond acceptors (Lipinski definition) is 3. The fourth-order valence-corrected chi connectivity index (χ4v) is 5.24. The van der Waals surface area contributed by atoms with E-state index >= 15 is 0 Å². The monoisotopic (exact) mass is 366 g/mol. The van der Waals surface area contributed by atoms with Crippen molar-refractivity contribution in [1.29, 1.82) is 0 Å². The largest absolute Gasteiger partial charge is 0.494 e. The summed E-state index contributed by atoms with van der Waals surface area (Å²) in [7, 11) is 0. The second-order valence-corrected chi connectivity index (χ2v) is 8.07. The molecule has 0 unspecified atom stereocenters. The number of rotatable bonds is 5. The highest BCUT2D eigenvalue weighted by Crippen LogP contribution is 2.48. The van der Waals surface area contributed by atoms with E-state index in [-0.39, 0.29) is 5.82 Å². The van der Waals surface area contributed by atoms with Crippen molar-refractivity contribution >= 4 is 5.69 Å². The van der Waals surface area contributed by atoms with E-state index in [1.807, 2.05) is 0 Å². The molecule has 3 aliphatic heterocycles. The number of para-hydroxylation sites is 1. The number of aryl methyl sites for hydroxylation is 1. The third kappa shape index (κ3) is 3.20. The van der Waals surface area contributed by atoms with Gasteiger partial charge in [0.05, 0.1) is 6.61 Å². The van der Waals surface area contributed by atoms with Gasteiger partial charge in [0.15, 0.2) is 0 Å². The second kappa shape index (κ2) is 7.16. The van der Waals surface area contributed by atoms with Crippen molar-refractivity contribution in [2.75, 3.05) is 37.7 Å². The smallest absolute Gasteiger partial charge is 0.123 e. The lowest BCUT2D eigenvalue weighted by molar-refractivity contribution is 0.178. The van der Waals surface area contributed by atoms with Gasteiger partial charge in [-0.1, -0.05) is 18.2 Å². The average Bonchev–Trinajstić information content (AvgIpc) is 3.02. The van der Waals surface area contributed by atoms with Gasteiger partial charge in [-0.15, -0.1) is 0 Å². The molecule has 5 rings (SSSR count). The van der Waals surface area contributed by atoms with Gasteiger partial charge in [-0.3, -0.25) is 0 Å². The van der Waals surface area contributed by atoms with Crippen molar-refractivity contribution in [2.24, 2.45) is 0 Å². The van der Waals surface area contributed by atoms with Crippen LogP contribution in [0.3, 0.4) is 0 Å². The second-order valence-electron chi connectivity index (χ2n) is 8.07. The highest BCUT2D eigenvalue weighted by Gasteiger charge is 2.43. The molecule has 3 aliphatic rings. The van der Waals surface area contributed by atoms with Crippen molar-refractivity contribution < 1.29 is 9.13 Å². The topological polar surface area (TPSA) is 15.7 Å². The molecule has 2 atom stereocenters. The molecule has 3 nitrogen and oxygen atoms in total. The van der Waals surface area contributed by atoms with E-state index in [2.05, 4.69) is 28.0 Å². The highest BCUT2D eigenvalue weighted by molar-refractivity contribution is 5.68. The summed E-state index contributed by atoms with van der Waals surface area (Å²) >= 11 is 0. The first-order chi connectivity index (χ1) is 13.3. The Labute approximate surface area is 160 Å². The van der Waals surface area contributed by atoms with Crippen LogP contribution in [0, 0.1) is 5.82 Å². The maximum atomic E-state index is 12.9. The molecule has 1 saturated heterocycles. The molecule has 0 radical (unpaired) electrons. The zero-order chi connectivity index (χ0) is 18.2. The van der Waals surface area contributed by atoms with Gasteiger partial charge in [0.2, 0.25) is 0 Å². The summed E-state index contributed by atoms with van der Waals surface area (Å²) < 4.78 is 18.7. The maximum absolute atomic E-state index is 12.9. The molecule has 4 heteroatoms. The van der Waals surface area contributed by atoms with Gasteiger partial charge >= 0.3 is 0 Å². The Balaban J connectivity index is 1.18. The normalized spacial score (nSPS) is 23.8. The van der Waals surface area contributed by atoms with Crippen LogP contribution >= 0.6 is 0 Å². The number of piperidine rings is 1. The van der Waals surface area contributed by atoms with Crippen LogP contribution in [0.2, 0.25) is 0 Å². The zero-order valence-corrected chi connectivity index (χ0v) is 15.7.